The first-order valence-electron chi connectivity index (χ1n) is 9.82. The number of rotatable bonds is 6. The van der Waals surface area contributed by atoms with Gasteiger partial charge in [-0.05, 0) is 58.7 Å². The maximum Gasteiger partial charge on any atom is 0.201 e. The highest BCUT2D eigenvalue weighted by atomic mass is 32.2. The predicted octanol–water partition coefficient (Wildman–Crippen LogP) is 3.08. The summed E-state index contributed by atoms with van der Waals surface area (Å²) < 4.78 is 38.7. The zero-order chi connectivity index (χ0) is 22.2. The number of methoxy groups -OCH3 is 1. The van der Waals surface area contributed by atoms with E-state index in [1.54, 1.807) is 57.7 Å². The van der Waals surface area contributed by atoms with Crippen LogP contribution < -0.4 is 0 Å². The van der Waals surface area contributed by atoms with Gasteiger partial charge < -0.3 is 9.47 Å². The molecule has 162 valence electrons. The molecule has 30 heavy (non-hydrogen) atoms. The number of aromatic nitrogens is 3. The Bertz CT molecular complexity index is 1070. The van der Waals surface area contributed by atoms with Crippen LogP contribution in [0.3, 0.4) is 0 Å². The fraction of sp³-hybridized carbons (Fsp3) is 0.571. The van der Waals surface area contributed by atoms with Gasteiger partial charge >= 0.3 is 0 Å². The van der Waals surface area contributed by atoms with Crippen molar-refractivity contribution in [1.82, 2.24) is 14.8 Å². The minimum Gasteiger partial charge on any atom is -0.372 e. The summed E-state index contributed by atoms with van der Waals surface area (Å²) in [5.74, 6) is 0. The Balaban J connectivity index is 1.99. The van der Waals surface area contributed by atoms with Crippen LogP contribution in [-0.4, -0.2) is 41.6 Å². The molecule has 2 aromatic rings. The first kappa shape index (κ1) is 22.4. The van der Waals surface area contributed by atoms with Gasteiger partial charge in [0, 0.05) is 19.4 Å². The molecule has 0 radical (unpaired) electrons. The number of pyridine rings is 1. The highest BCUT2D eigenvalue weighted by Crippen LogP contribution is 2.42. The first-order valence-corrected chi connectivity index (χ1v) is 11.3. The minimum absolute atomic E-state index is 0.0855. The highest BCUT2D eigenvalue weighted by molar-refractivity contribution is 7.92. The molecule has 2 atom stereocenters. The molecule has 0 spiro atoms. The lowest BCUT2D eigenvalue weighted by molar-refractivity contribution is -0.00923. The normalized spacial score (nSPS) is 22.6. The van der Waals surface area contributed by atoms with Gasteiger partial charge in [-0.2, -0.15) is 10.4 Å². The van der Waals surface area contributed by atoms with E-state index in [0.29, 0.717) is 30.1 Å². The quantitative estimate of drug-likeness (QED) is 0.690. The predicted molar refractivity (Wildman–Crippen MR) is 110 cm³/mol. The summed E-state index contributed by atoms with van der Waals surface area (Å²) in [6.07, 6.45) is 0.137. The lowest BCUT2D eigenvalue weighted by Gasteiger charge is -2.37. The summed E-state index contributed by atoms with van der Waals surface area (Å²) in [6, 6.07) is 9.09. The molecule has 2 unspecified atom stereocenters. The molecule has 0 bridgehead atoms. The molecule has 1 aliphatic heterocycles. The van der Waals surface area contributed by atoms with Crippen molar-refractivity contribution in [3.63, 3.8) is 0 Å². The highest BCUT2D eigenvalue weighted by Gasteiger charge is 2.46. The topological polar surface area (TPSA) is 107 Å². The average Bonchev–Trinajstić information content (AvgIpc) is 3.13. The Hall–Kier alpha value is -2.28. The van der Waals surface area contributed by atoms with Crippen molar-refractivity contribution in [3.8, 4) is 6.07 Å². The number of aryl methyl sites for hydroxylation is 1. The Morgan fingerprint density at radius 2 is 2.17 bits per heavy atom. The van der Waals surface area contributed by atoms with Gasteiger partial charge in [-0.15, -0.1) is 0 Å². The van der Waals surface area contributed by atoms with Crippen molar-refractivity contribution in [3.05, 3.63) is 41.3 Å². The van der Waals surface area contributed by atoms with E-state index in [1.807, 2.05) is 6.07 Å². The monoisotopic (exact) mass is 432 g/mol. The summed E-state index contributed by atoms with van der Waals surface area (Å²) in [4.78, 5) is 4.26. The summed E-state index contributed by atoms with van der Waals surface area (Å²) in [6.45, 7) is 7.57. The second-order valence-corrected chi connectivity index (χ2v) is 10.9. The third-order valence-corrected chi connectivity index (χ3v) is 8.11. The van der Waals surface area contributed by atoms with Crippen molar-refractivity contribution >= 4 is 9.84 Å². The second-order valence-electron chi connectivity index (χ2n) is 8.49. The van der Waals surface area contributed by atoms with Crippen LogP contribution in [-0.2, 0) is 31.5 Å². The summed E-state index contributed by atoms with van der Waals surface area (Å²) in [5.41, 5.74) is 1.16. The largest absolute Gasteiger partial charge is 0.372 e. The van der Waals surface area contributed by atoms with Gasteiger partial charge in [0.15, 0.2) is 5.03 Å². The Morgan fingerprint density at radius 3 is 2.80 bits per heavy atom. The zero-order valence-corrected chi connectivity index (χ0v) is 18.9. The lowest BCUT2D eigenvalue weighted by Crippen LogP contribution is -2.42. The molecule has 1 aliphatic rings. The van der Waals surface area contributed by atoms with E-state index in [4.69, 9.17) is 9.47 Å². The van der Waals surface area contributed by atoms with Gasteiger partial charge in [-0.25, -0.2) is 18.1 Å². The van der Waals surface area contributed by atoms with Crippen LogP contribution in [0.4, 0.5) is 0 Å². The fourth-order valence-electron chi connectivity index (χ4n) is 3.60. The van der Waals surface area contributed by atoms with E-state index in [9.17, 15) is 13.7 Å². The number of nitrogens with zero attached hydrogens (tertiary/aromatic N) is 4. The van der Waals surface area contributed by atoms with E-state index in [2.05, 4.69) is 16.2 Å². The van der Waals surface area contributed by atoms with Gasteiger partial charge in [0.25, 0.3) is 0 Å². The van der Waals surface area contributed by atoms with Crippen LogP contribution in [0.2, 0.25) is 0 Å². The lowest BCUT2D eigenvalue weighted by atomic mass is 9.90. The van der Waals surface area contributed by atoms with Gasteiger partial charge in [0.05, 0.1) is 27.6 Å². The number of hydrogen-bond donors (Lipinski definition) is 0. The second kappa shape index (κ2) is 8.10. The molecule has 9 heteroatoms. The van der Waals surface area contributed by atoms with Gasteiger partial charge in [-0.1, -0.05) is 6.07 Å². The number of sulfone groups is 1. The molecule has 3 heterocycles. The molecule has 1 saturated heterocycles. The summed E-state index contributed by atoms with van der Waals surface area (Å²) in [7, 11) is -2.12. The Kier molecular flexibility index (Phi) is 6.05. The van der Waals surface area contributed by atoms with E-state index >= 15 is 0 Å². The molecule has 0 N–H and O–H groups in total. The van der Waals surface area contributed by atoms with Gasteiger partial charge in [0.1, 0.15) is 12.8 Å². The van der Waals surface area contributed by atoms with Crippen molar-refractivity contribution in [2.75, 3.05) is 13.7 Å². The van der Waals surface area contributed by atoms with E-state index in [-0.39, 0.29) is 18.2 Å². The first-order chi connectivity index (χ1) is 14.0. The summed E-state index contributed by atoms with van der Waals surface area (Å²) in [5, 5.41) is 14.1. The SMILES string of the molecule is COCn1nc(C(C)(C)C#N)cc1C1CC(C)(S(=O)(=O)c2cccc(C)n2)CCO1. The standard InChI is InChI=1S/C21H28N4O4S/c1-15-7-6-8-19(23-15)30(26,27)21(4)9-10-29-17(12-21)16-11-18(20(2,3)13-22)24-25(16)14-28-5/h6-8,11,17H,9-10,12,14H2,1-5H3. The average molecular weight is 433 g/mol. The van der Waals surface area contributed by atoms with Crippen LogP contribution in [0.1, 0.15) is 56.8 Å². The van der Waals surface area contributed by atoms with Crippen LogP contribution in [0.15, 0.2) is 29.3 Å². The number of ether oxygens (including phenoxy) is 2. The zero-order valence-electron chi connectivity index (χ0n) is 18.0. The Labute approximate surface area is 177 Å². The molecule has 0 aromatic carbocycles. The number of hydrogen-bond acceptors (Lipinski definition) is 7. The van der Waals surface area contributed by atoms with Gasteiger partial charge in [0.2, 0.25) is 9.84 Å². The maximum absolute atomic E-state index is 13.5. The van der Waals surface area contributed by atoms with Crippen LogP contribution >= 0.6 is 0 Å². The van der Waals surface area contributed by atoms with E-state index < -0.39 is 26.1 Å². The van der Waals surface area contributed by atoms with Crippen molar-refractivity contribution in [2.45, 2.75) is 68.6 Å². The third kappa shape index (κ3) is 4.00. The molecule has 2 aromatic heterocycles. The molecule has 1 fully saturated rings. The number of nitriles is 1. The van der Waals surface area contributed by atoms with Crippen molar-refractivity contribution in [2.24, 2.45) is 0 Å². The van der Waals surface area contributed by atoms with Gasteiger partial charge in [-0.3, -0.25) is 0 Å². The molecule has 0 amide bonds. The maximum atomic E-state index is 13.5. The molecule has 0 aliphatic carbocycles. The van der Waals surface area contributed by atoms with Crippen LogP contribution in [0.5, 0.6) is 0 Å². The van der Waals surface area contributed by atoms with E-state index in [1.165, 1.54) is 0 Å². The molecule has 0 saturated carbocycles. The van der Waals surface area contributed by atoms with Crippen LogP contribution in [0, 0.1) is 18.3 Å². The summed E-state index contributed by atoms with van der Waals surface area (Å²) >= 11 is 0. The molecule has 8 nitrogen and oxygen atoms in total. The van der Waals surface area contributed by atoms with Crippen molar-refractivity contribution < 1.29 is 17.9 Å². The molecule has 3 rings (SSSR count). The smallest absolute Gasteiger partial charge is 0.201 e. The van der Waals surface area contributed by atoms with Crippen molar-refractivity contribution in [1.29, 1.82) is 5.26 Å². The fourth-order valence-corrected chi connectivity index (χ4v) is 5.35. The molecular formula is C21H28N4O4S. The van der Waals surface area contributed by atoms with Crippen LogP contribution in [0.25, 0.3) is 0 Å². The minimum atomic E-state index is -3.68. The third-order valence-electron chi connectivity index (χ3n) is 5.67. The molecular weight excluding hydrogens is 404 g/mol. The Morgan fingerprint density at radius 1 is 1.43 bits per heavy atom. The van der Waals surface area contributed by atoms with E-state index in [0.717, 1.165) is 0 Å².